The summed E-state index contributed by atoms with van der Waals surface area (Å²) >= 11 is 0. The van der Waals surface area contributed by atoms with Gasteiger partial charge in [0.05, 0.1) is 16.6 Å². The van der Waals surface area contributed by atoms with Crippen LogP contribution in [0.3, 0.4) is 0 Å². The van der Waals surface area contributed by atoms with Crippen molar-refractivity contribution >= 4 is 11.0 Å². The van der Waals surface area contributed by atoms with E-state index in [0.717, 1.165) is 24.2 Å². The molecule has 1 fully saturated rings. The van der Waals surface area contributed by atoms with Gasteiger partial charge in [0.25, 0.3) is 0 Å². The van der Waals surface area contributed by atoms with E-state index in [4.69, 9.17) is 10.7 Å². The molecule has 0 amide bonds. The van der Waals surface area contributed by atoms with Crippen LogP contribution in [-0.2, 0) is 12.6 Å². The first-order valence-corrected chi connectivity index (χ1v) is 7.22. The Balaban J connectivity index is 2.11. The zero-order valence-corrected chi connectivity index (χ0v) is 12.1. The van der Waals surface area contributed by atoms with Gasteiger partial charge in [-0.15, -0.1) is 0 Å². The predicted octanol–water partition coefficient (Wildman–Crippen LogP) is 3.25. The maximum atomic E-state index is 6.69. The molecule has 19 heavy (non-hydrogen) atoms. The zero-order valence-electron chi connectivity index (χ0n) is 12.1. The van der Waals surface area contributed by atoms with E-state index in [1.54, 1.807) is 0 Å². The normalized spacial score (nSPS) is 27.9. The number of rotatable bonds is 1. The van der Waals surface area contributed by atoms with Crippen LogP contribution in [0.1, 0.15) is 44.0 Å². The summed E-state index contributed by atoms with van der Waals surface area (Å²) < 4.78 is 2.19. The molecular weight excluding hydrogens is 234 g/mol. The van der Waals surface area contributed by atoms with Crippen LogP contribution >= 0.6 is 0 Å². The molecule has 1 aliphatic carbocycles. The minimum atomic E-state index is -0.251. The molecule has 1 aromatic carbocycles. The molecule has 2 aromatic rings. The minimum absolute atomic E-state index is 0.251. The fraction of sp³-hybridized carbons (Fsp3) is 0.562. The second kappa shape index (κ2) is 4.34. The summed E-state index contributed by atoms with van der Waals surface area (Å²) in [6.45, 7) is 4.41. The molecule has 1 aromatic heterocycles. The van der Waals surface area contributed by atoms with Crippen molar-refractivity contribution < 1.29 is 0 Å². The van der Waals surface area contributed by atoms with E-state index in [1.165, 1.54) is 23.9 Å². The maximum Gasteiger partial charge on any atom is 0.129 e. The van der Waals surface area contributed by atoms with Gasteiger partial charge in [-0.3, -0.25) is 0 Å². The van der Waals surface area contributed by atoms with E-state index in [2.05, 4.69) is 43.7 Å². The summed E-state index contributed by atoms with van der Waals surface area (Å²) in [7, 11) is 2.09. The summed E-state index contributed by atoms with van der Waals surface area (Å²) in [6.07, 6.45) is 4.60. The molecule has 2 atom stereocenters. The van der Waals surface area contributed by atoms with Crippen molar-refractivity contribution in [3.8, 4) is 0 Å². The van der Waals surface area contributed by atoms with Crippen molar-refractivity contribution in [3.05, 3.63) is 29.6 Å². The molecule has 0 spiro atoms. The fourth-order valence-corrected chi connectivity index (χ4v) is 3.55. The van der Waals surface area contributed by atoms with E-state index >= 15 is 0 Å². The van der Waals surface area contributed by atoms with Gasteiger partial charge >= 0.3 is 0 Å². The lowest BCUT2D eigenvalue weighted by atomic mass is 9.76. The largest absolute Gasteiger partial charge is 0.330 e. The Hall–Kier alpha value is -1.35. The van der Waals surface area contributed by atoms with Crippen molar-refractivity contribution in [1.29, 1.82) is 0 Å². The van der Waals surface area contributed by atoms with Crippen LogP contribution in [0.25, 0.3) is 11.0 Å². The first-order valence-electron chi connectivity index (χ1n) is 7.22. The molecule has 2 unspecified atom stereocenters. The number of aromatic nitrogens is 2. The number of nitrogens with two attached hydrogens (primary N) is 1. The predicted molar refractivity (Wildman–Crippen MR) is 78.9 cm³/mol. The highest BCUT2D eigenvalue weighted by Gasteiger charge is 2.36. The fourth-order valence-electron chi connectivity index (χ4n) is 3.55. The monoisotopic (exact) mass is 257 g/mol. The molecule has 0 aliphatic heterocycles. The van der Waals surface area contributed by atoms with Gasteiger partial charge in [-0.05, 0) is 43.4 Å². The summed E-state index contributed by atoms with van der Waals surface area (Å²) in [6, 6.07) is 6.44. The lowest BCUT2D eigenvalue weighted by molar-refractivity contribution is 0.225. The summed E-state index contributed by atoms with van der Waals surface area (Å²) in [5.41, 5.74) is 9.94. The Morgan fingerprint density at radius 3 is 2.95 bits per heavy atom. The Bertz CT molecular complexity index is 614. The SMILES string of the molecule is Cc1ccc2c(c1)nc(C1(N)CCCC(C)C1)n2C. The molecule has 0 radical (unpaired) electrons. The third-order valence-corrected chi connectivity index (χ3v) is 4.51. The molecule has 102 valence electrons. The highest BCUT2D eigenvalue weighted by molar-refractivity contribution is 5.77. The molecular formula is C16H23N3. The zero-order chi connectivity index (χ0) is 13.6. The first-order chi connectivity index (χ1) is 8.99. The van der Waals surface area contributed by atoms with Crippen LogP contribution in [0.4, 0.5) is 0 Å². The second-order valence-corrected chi connectivity index (χ2v) is 6.34. The van der Waals surface area contributed by atoms with Crippen molar-refractivity contribution in [2.75, 3.05) is 0 Å². The molecule has 3 rings (SSSR count). The first kappa shape index (κ1) is 12.7. The van der Waals surface area contributed by atoms with E-state index in [1.807, 2.05) is 0 Å². The average Bonchev–Trinajstić information content (AvgIpc) is 2.66. The third-order valence-electron chi connectivity index (χ3n) is 4.51. The Morgan fingerprint density at radius 2 is 2.21 bits per heavy atom. The lowest BCUT2D eigenvalue weighted by Crippen LogP contribution is -2.43. The van der Waals surface area contributed by atoms with Crippen molar-refractivity contribution in [2.45, 2.75) is 45.1 Å². The second-order valence-electron chi connectivity index (χ2n) is 6.34. The standard InChI is InChI=1S/C16H23N3/c1-11-6-7-14-13(9-11)18-15(19(14)3)16(17)8-4-5-12(2)10-16/h6-7,9,12H,4-5,8,10,17H2,1-3H3. The molecule has 1 aliphatic rings. The van der Waals surface area contributed by atoms with Crippen LogP contribution in [0, 0.1) is 12.8 Å². The number of hydrogen-bond acceptors (Lipinski definition) is 2. The van der Waals surface area contributed by atoms with Gasteiger partial charge in [-0.25, -0.2) is 4.98 Å². The molecule has 3 heteroatoms. The van der Waals surface area contributed by atoms with Gasteiger partial charge in [0, 0.05) is 7.05 Å². The van der Waals surface area contributed by atoms with E-state index in [0.29, 0.717) is 5.92 Å². The van der Waals surface area contributed by atoms with E-state index < -0.39 is 0 Å². The number of hydrogen-bond donors (Lipinski definition) is 1. The Morgan fingerprint density at radius 1 is 1.42 bits per heavy atom. The third kappa shape index (κ3) is 2.06. The topological polar surface area (TPSA) is 43.8 Å². The highest BCUT2D eigenvalue weighted by atomic mass is 15.1. The van der Waals surface area contributed by atoms with Crippen LogP contribution in [0.15, 0.2) is 18.2 Å². The van der Waals surface area contributed by atoms with Crippen LogP contribution in [0.2, 0.25) is 0 Å². The van der Waals surface area contributed by atoms with Crippen LogP contribution in [-0.4, -0.2) is 9.55 Å². The maximum absolute atomic E-state index is 6.69. The van der Waals surface area contributed by atoms with Gasteiger partial charge in [0.1, 0.15) is 5.82 Å². The lowest BCUT2D eigenvalue weighted by Gasteiger charge is -2.36. The molecule has 0 saturated heterocycles. The Kier molecular flexibility index (Phi) is 2.90. The quantitative estimate of drug-likeness (QED) is 0.852. The molecule has 0 bridgehead atoms. The number of fused-ring (bicyclic) bond motifs is 1. The number of aryl methyl sites for hydroxylation is 2. The van der Waals surface area contributed by atoms with E-state index in [-0.39, 0.29) is 5.54 Å². The van der Waals surface area contributed by atoms with Gasteiger partial charge in [0.2, 0.25) is 0 Å². The smallest absolute Gasteiger partial charge is 0.129 e. The average molecular weight is 257 g/mol. The van der Waals surface area contributed by atoms with Crippen molar-refractivity contribution in [3.63, 3.8) is 0 Å². The molecule has 2 N–H and O–H groups in total. The summed E-state index contributed by atoms with van der Waals surface area (Å²) in [4.78, 5) is 4.84. The highest BCUT2D eigenvalue weighted by Crippen LogP contribution is 2.38. The van der Waals surface area contributed by atoms with Gasteiger partial charge in [-0.1, -0.05) is 25.8 Å². The van der Waals surface area contributed by atoms with Crippen LogP contribution < -0.4 is 5.73 Å². The Labute approximate surface area is 114 Å². The van der Waals surface area contributed by atoms with Gasteiger partial charge < -0.3 is 10.3 Å². The molecule has 3 nitrogen and oxygen atoms in total. The summed E-state index contributed by atoms with van der Waals surface area (Å²) in [5.74, 6) is 1.75. The molecule has 1 saturated carbocycles. The summed E-state index contributed by atoms with van der Waals surface area (Å²) in [5, 5.41) is 0. The van der Waals surface area contributed by atoms with Crippen molar-refractivity contribution in [1.82, 2.24) is 9.55 Å². The number of benzene rings is 1. The minimum Gasteiger partial charge on any atom is -0.330 e. The van der Waals surface area contributed by atoms with Gasteiger partial charge in [-0.2, -0.15) is 0 Å². The van der Waals surface area contributed by atoms with Crippen LogP contribution in [0.5, 0.6) is 0 Å². The van der Waals surface area contributed by atoms with Gasteiger partial charge in [0.15, 0.2) is 0 Å². The van der Waals surface area contributed by atoms with Crippen molar-refractivity contribution in [2.24, 2.45) is 18.7 Å². The molecule has 1 heterocycles. The van der Waals surface area contributed by atoms with E-state index in [9.17, 15) is 0 Å². The number of nitrogens with zero attached hydrogens (tertiary/aromatic N) is 2. The number of imidazole rings is 1.